The highest BCUT2D eigenvalue weighted by molar-refractivity contribution is 5.53. The molecule has 0 saturated carbocycles. The van der Waals surface area contributed by atoms with Crippen LogP contribution in [-0.2, 0) is 6.42 Å². The zero-order valence-corrected chi connectivity index (χ0v) is 10.3. The summed E-state index contributed by atoms with van der Waals surface area (Å²) >= 11 is 0. The van der Waals surface area contributed by atoms with E-state index in [1.165, 1.54) is 12.1 Å². The smallest absolute Gasteiger partial charge is 0.123 e. The van der Waals surface area contributed by atoms with Gasteiger partial charge in [-0.05, 0) is 36.7 Å². The van der Waals surface area contributed by atoms with Crippen molar-refractivity contribution in [3.8, 4) is 0 Å². The van der Waals surface area contributed by atoms with Gasteiger partial charge in [0, 0.05) is 32.7 Å². The van der Waals surface area contributed by atoms with Crippen molar-refractivity contribution in [3.63, 3.8) is 0 Å². The Kier molecular flexibility index (Phi) is 3.35. The second kappa shape index (κ2) is 4.63. The summed E-state index contributed by atoms with van der Waals surface area (Å²) in [5, 5.41) is 13.5. The number of aliphatic hydroxyl groups is 1. The van der Waals surface area contributed by atoms with Crippen LogP contribution in [0.2, 0.25) is 0 Å². The van der Waals surface area contributed by atoms with E-state index in [9.17, 15) is 9.50 Å². The van der Waals surface area contributed by atoms with E-state index in [0.717, 1.165) is 24.2 Å². The largest absolute Gasteiger partial charge is 0.388 e. The number of hydrogen-bond acceptors (Lipinski definition) is 3. The lowest BCUT2D eigenvalue weighted by atomic mass is 9.92. The standard InChI is InChI=1S/C13H19FN2O/c1-16(2)12-4-3-11(14)7-10(12)8-13(17)5-6-15-9-13/h3-4,7,15,17H,5-6,8-9H2,1-2H3. The minimum absolute atomic E-state index is 0.250. The second-order valence-electron chi connectivity index (χ2n) is 5.00. The summed E-state index contributed by atoms with van der Waals surface area (Å²) in [5.74, 6) is -0.250. The molecular weight excluding hydrogens is 219 g/mol. The maximum Gasteiger partial charge on any atom is 0.123 e. The molecule has 1 atom stereocenters. The number of nitrogens with one attached hydrogen (secondary N) is 1. The van der Waals surface area contributed by atoms with Crippen LogP contribution in [0.25, 0.3) is 0 Å². The first-order chi connectivity index (χ1) is 8.00. The third-order valence-electron chi connectivity index (χ3n) is 3.26. The topological polar surface area (TPSA) is 35.5 Å². The van der Waals surface area contributed by atoms with Crippen LogP contribution in [0.4, 0.5) is 10.1 Å². The van der Waals surface area contributed by atoms with Crippen LogP contribution in [0, 0.1) is 5.82 Å². The van der Waals surface area contributed by atoms with E-state index in [2.05, 4.69) is 5.32 Å². The molecule has 1 fully saturated rings. The molecule has 0 spiro atoms. The fourth-order valence-electron chi connectivity index (χ4n) is 2.37. The molecule has 1 aliphatic heterocycles. The highest BCUT2D eigenvalue weighted by Crippen LogP contribution is 2.27. The van der Waals surface area contributed by atoms with E-state index in [1.54, 1.807) is 6.07 Å². The number of halogens is 1. The summed E-state index contributed by atoms with van der Waals surface area (Å²) in [5.41, 5.74) is 1.09. The van der Waals surface area contributed by atoms with Crippen molar-refractivity contribution < 1.29 is 9.50 Å². The minimum atomic E-state index is -0.738. The fraction of sp³-hybridized carbons (Fsp3) is 0.538. The van der Waals surface area contributed by atoms with Crippen molar-refractivity contribution >= 4 is 5.69 Å². The Morgan fingerprint density at radius 1 is 1.47 bits per heavy atom. The van der Waals surface area contributed by atoms with Crippen LogP contribution < -0.4 is 10.2 Å². The van der Waals surface area contributed by atoms with E-state index in [1.807, 2.05) is 19.0 Å². The van der Waals surface area contributed by atoms with Gasteiger partial charge in [0.15, 0.2) is 0 Å². The van der Waals surface area contributed by atoms with E-state index in [-0.39, 0.29) is 5.82 Å². The van der Waals surface area contributed by atoms with Crippen molar-refractivity contribution in [2.45, 2.75) is 18.4 Å². The lowest BCUT2D eigenvalue weighted by Gasteiger charge is -2.25. The number of β-amino-alcohol motifs (C(OH)–C–C–N with tert-alkyl or cyclic N) is 1. The Morgan fingerprint density at radius 3 is 2.82 bits per heavy atom. The number of anilines is 1. The summed E-state index contributed by atoms with van der Waals surface area (Å²) in [7, 11) is 3.85. The molecule has 1 aromatic carbocycles. The molecule has 0 aliphatic carbocycles. The van der Waals surface area contributed by atoms with Gasteiger partial charge in [-0.1, -0.05) is 0 Å². The zero-order chi connectivity index (χ0) is 12.5. The first kappa shape index (κ1) is 12.3. The highest BCUT2D eigenvalue weighted by Gasteiger charge is 2.32. The van der Waals surface area contributed by atoms with Crippen molar-refractivity contribution in [2.75, 3.05) is 32.1 Å². The second-order valence-corrected chi connectivity index (χ2v) is 5.00. The third kappa shape index (κ3) is 2.76. The van der Waals surface area contributed by atoms with Gasteiger partial charge in [0.25, 0.3) is 0 Å². The maximum absolute atomic E-state index is 13.3. The average Bonchev–Trinajstić information content (AvgIpc) is 2.64. The van der Waals surface area contributed by atoms with Crippen LogP contribution in [0.15, 0.2) is 18.2 Å². The molecule has 0 aromatic heterocycles. The SMILES string of the molecule is CN(C)c1ccc(F)cc1CC1(O)CCNC1. The Hall–Kier alpha value is -1.13. The number of hydrogen-bond donors (Lipinski definition) is 2. The molecule has 0 amide bonds. The molecule has 1 heterocycles. The van der Waals surface area contributed by atoms with E-state index in [0.29, 0.717) is 13.0 Å². The monoisotopic (exact) mass is 238 g/mol. The molecule has 4 heteroatoms. The van der Waals surface area contributed by atoms with Gasteiger partial charge < -0.3 is 15.3 Å². The van der Waals surface area contributed by atoms with Crippen LogP contribution >= 0.6 is 0 Å². The average molecular weight is 238 g/mol. The molecule has 0 radical (unpaired) electrons. The molecule has 1 aromatic rings. The van der Waals surface area contributed by atoms with Gasteiger partial charge in [-0.3, -0.25) is 0 Å². The van der Waals surface area contributed by atoms with E-state index < -0.39 is 5.60 Å². The van der Waals surface area contributed by atoms with Gasteiger partial charge in [-0.2, -0.15) is 0 Å². The summed E-state index contributed by atoms with van der Waals surface area (Å²) < 4.78 is 13.3. The van der Waals surface area contributed by atoms with Crippen molar-refractivity contribution in [1.29, 1.82) is 0 Å². The quantitative estimate of drug-likeness (QED) is 0.829. The van der Waals surface area contributed by atoms with Gasteiger partial charge in [0.2, 0.25) is 0 Å². The molecule has 2 N–H and O–H groups in total. The van der Waals surface area contributed by atoms with E-state index >= 15 is 0 Å². The summed E-state index contributed by atoms with van der Waals surface area (Å²) in [6.07, 6.45) is 1.21. The van der Waals surface area contributed by atoms with Gasteiger partial charge in [0.05, 0.1) is 5.60 Å². The predicted molar refractivity (Wildman–Crippen MR) is 66.9 cm³/mol. The Balaban J connectivity index is 2.27. The Morgan fingerprint density at radius 2 is 2.24 bits per heavy atom. The predicted octanol–water partition coefficient (Wildman–Crippen LogP) is 1.16. The van der Waals surface area contributed by atoms with Crippen LogP contribution in [0.5, 0.6) is 0 Å². The summed E-state index contributed by atoms with van der Waals surface area (Å²) in [6, 6.07) is 4.73. The molecule has 3 nitrogen and oxygen atoms in total. The lowest BCUT2D eigenvalue weighted by molar-refractivity contribution is 0.0619. The highest BCUT2D eigenvalue weighted by atomic mass is 19.1. The molecule has 2 rings (SSSR count). The molecular formula is C13H19FN2O. The third-order valence-corrected chi connectivity index (χ3v) is 3.26. The van der Waals surface area contributed by atoms with Crippen LogP contribution in [0.1, 0.15) is 12.0 Å². The minimum Gasteiger partial charge on any atom is -0.388 e. The molecule has 17 heavy (non-hydrogen) atoms. The fourth-order valence-corrected chi connectivity index (χ4v) is 2.37. The van der Waals surface area contributed by atoms with Gasteiger partial charge >= 0.3 is 0 Å². The molecule has 94 valence electrons. The van der Waals surface area contributed by atoms with Gasteiger partial charge in [-0.15, -0.1) is 0 Å². The molecule has 1 aliphatic rings. The van der Waals surface area contributed by atoms with Gasteiger partial charge in [0.1, 0.15) is 5.82 Å². The Bertz CT molecular complexity index is 400. The molecule has 0 bridgehead atoms. The van der Waals surface area contributed by atoms with Crippen LogP contribution in [-0.4, -0.2) is 37.9 Å². The molecule has 1 saturated heterocycles. The van der Waals surface area contributed by atoms with Crippen LogP contribution in [0.3, 0.4) is 0 Å². The van der Waals surface area contributed by atoms with Gasteiger partial charge in [-0.25, -0.2) is 4.39 Å². The zero-order valence-electron chi connectivity index (χ0n) is 10.3. The number of benzene rings is 1. The van der Waals surface area contributed by atoms with Crippen molar-refractivity contribution in [1.82, 2.24) is 5.32 Å². The van der Waals surface area contributed by atoms with E-state index in [4.69, 9.17) is 0 Å². The van der Waals surface area contributed by atoms with Crippen molar-refractivity contribution in [3.05, 3.63) is 29.6 Å². The maximum atomic E-state index is 13.3. The lowest BCUT2D eigenvalue weighted by Crippen LogP contribution is -2.34. The Labute approximate surface area is 101 Å². The summed E-state index contributed by atoms with van der Waals surface area (Å²) in [6.45, 7) is 1.40. The first-order valence-electron chi connectivity index (χ1n) is 5.89. The number of nitrogens with zero attached hydrogens (tertiary/aromatic N) is 1. The van der Waals surface area contributed by atoms with Crippen molar-refractivity contribution in [2.24, 2.45) is 0 Å². The normalized spacial score (nSPS) is 24.0. The summed E-state index contributed by atoms with van der Waals surface area (Å²) in [4.78, 5) is 1.94. The molecule has 1 unspecified atom stereocenters. The number of rotatable bonds is 3. The first-order valence-corrected chi connectivity index (χ1v) is 5.89.